The average molecular weight is 464 g/mol. The predicted octanol–water partition coefficient (Wildman–Crippen LogP) is 6.06. The second-order valence-electron chi connectivity index (χ2n) is 8.19. The van der Waals surface area contributed by atoms with Crippen LogP contribution in [-0.2, 0) is 6.42 Å². The molecule has 0 atom stereocenters. The number of hydrogen-bond acceptors (Lipinski definition) is 4. The van der Waals surface area contributed by atoms with Crippen LogP contribution >= 0.6 is 22.9 Å². The number of halogens is 1. The van der Waals surface area contributed by atoms with Crippen LogP contribution < -0.4 is 4.90 Å². The molecule has 0 saturated carbocycles. The van der Waals surface area contributed by atoms with Gasteiger partial charge in [-0.2, -0.15) is 0 Å². The summed E-state index contributed by atoms with van der Waals surface area (Å²) in [6.45, 7) is 3.30. The van der Waals surface area contributed by atoms with Gasteiger partial charge in [0, 0.05) is 23.7 Å². The fourth-order valence-electron chi connectivity index (χ4n) is 3.59. The standard InChI is InChI=1S/C26H26ClN3OS/c1-18-15-22(27)17-23-24(18)28-26(32-23)30(14-13-29(2)3)25(31)21-11-9-20(10-12-21)16-19-7-5-4-6-8-19/h4-12,15,17H,13-14,16H2,1-3H3. The molecule has 0 unspecified atom stereocenters. The van der Waals surface area contributed by atoms with Crippen LogP contribution in [0.4, 0.5) is 5.13 Å². The number of aromatic nitrogens is 1. The number of amides is 1. The maximum Gasteiger partial charge on any atom is 0.260 e. The van der Waals surface area contributed by atoms with Crippen molar-refractivity contribution in [2.24, 2.45) is 0 Å². The van der Waals surface area contributed by atoms with Crippen LogP contribution in [0.5, 0.6) is 0 Å². The van der Waals surface area contributed by atoms with E-state index in [-0.39, 0.29) is 5.91 Å². The second kappa shape index (κ2) is 9.82. The topological polar surface area (TPSA) is 36.4 Å². The van der Waals surface area contributed by atoms with E-state index in [1.54, 1.807) is 4.90 Å². The Bertz CT molecular complexity index is 1220. The number of benzene rings is 3. The summed E-state index contributed by atoms with van der Waals surface area (Å²) < 4.78 is 0.992. The largest absolute Gasteiger partial charge is 0.308 e. The van der Waals surface area contributed by atoms with Gasteiger partial charge in [-0.25, -0.2) is 4.98 Å². The first-order valence-corrected chi connectivity index (χ1v) is 11.8. The van der Waals surface area contributed by atoms with Gasteiger partial charge in [0.25, 0.3) is 5.91 Å². The summed E-state index contributed by atoms with van der Waals surface area (Å²) in [7, 11) is 4.01. The number of carbonyl (C=O) groups is 1. The van der Waals surface area contributed by atoms with Crippen molar-refractivity contribution in [3.63, 3.8) is 0 Å². The first kappa shape index (κ1) is 22.5. The van der Waals surface area contributed by atoms with E-state index in [9.17, 15) is 4.79 Å². The van der Waals surface area contributed by atoms with Crippen molar-refractivity contribution in [3.05, 3.63) is 94.0 Å². The highest BCUT2D eigenvalue weighted by molar-refractivity contribution is 7.22. The first-order chi connectivity index (χ1) is 15.4. The SMILES string of the molecule is Cc1cc(Cl)cc2sc(N(CCN(C)C)C(=O)c3ccc(Cc4ccccc4)cc3)nc12. The van der Waals surface area contributed by atoms with E-state index in [0.29, 0.717) is 22.3 Å². The van der Waals surface area contributed by atoms with Crippen LogP contribution in [0.25, 0.3) is 10.2 Å². The molecule has 164 valence electrons. The Morgan fingerprint density at radius 3 is 2.34 bits per heavy atom. The van der Waals surface area contributed by atoms with Gasteiger partial charge in [-0.1, -0.05) is 65.4 Å². The Labute approximate surface area is 198 Å². The predicted molar refractivity (Wildman–Crippen MR) is 135 cm³/mol. The molecule has 0 aliphatic carbocycles. The van der Waals surface area contributed by atoms with Crippen molar-refractivity contribution < 1.29 is 4.79 Å². The zero-order valence-corrected chi connectivity index (χ0v) is 20.1. The van der Waals surface area contributed by atoms with Gasteiger partial charge < -0.3 is 4.90 Å². The third-order valence-electron chi connectivity index (χ3n) is 5.34. The number of aryl methyl sites for hydroxylation is 1. The van der Waals surface area contributed by atoms with Crippen LogP contribution in [0.3, 0.4) is 0 Å². The molecule has 0 N–H and O–H groups in total. The summed E-state index contributed by atoms with van der Waals surface area (Å²) >= 11 is 7.74. The molecule has 0 saturated heterocycles. The number of likely N-dealkylation sites (N-methyl/N-ethyl adjacent to an activating group) is 1. The fourth-order valence-corrected chi connectivity index (χ4v) is 5.04. The molecule has 4 aromatic rings. The van der Waals surface area contributed by atoms with E-state index in [2.05, 4.69) is 17.0 Å². The van der Waals surface area contributed by atoms with Gasteiger partial charge in [-0.15, -0.1) is 0 Å². The molecule has 32 heavy (non-hydrogen) atoms. The van der Waals surface area contributed by atoms with E-state index in [4.69, 9.17) is 16.6 Å². The van der Waals surface area contributed by atoms with Crippen molar-refractivity contribution >= 4 is 44.2 Å². The van der Waals surface area contributed by atoms with Crippen LogP contribution in [-0.4, -0.2) is 43.0 Å². The van der Waals surface area contributed by atoms with Crippen LogP contribution in [0, 0.1) is 6.92 Å². The lowest BCUT2D eigenvalue weighted by molar-refractivity contribution is 0.0985. The zero-order valence-electron chi connectivity index (χ0n) is 18.5. The van der Waals surface area contributed by atoms with Gasteiger partial charge in [-0.05, 0) is 68.4 Å². The van der Waals surface area contributed by atoms with Crippen molar-refractivity contribution in [1.29, 1.82) is 0 Å². The van der Waals surface area contributed by atoms with Gasteiger partial charge in [0.15, 0.2) is 5.13 Å². The van der Waals surface area contributed by atoms with E-state index in [1.165, 1.54) is 22.5 Å². The molecule has 1 aromatic heterocycles. The Morgan fingerprint density at radius 2 is 1.66 bits per heavy atom. The number of nitrogens with zero attached hydrogens (tertiary/aromatic N) is 3. The third kappa shape index (κ3) is 5.18. The minimum absolute atomic E-state index is 0.0408. The lowest BCUT2D eigenvalue weighted by atomic mass is 10.0. The highest BCUT2D eigenvalue weighted by Crippen LogP contribution is 2.33. The molecule has 0 spiro atoms. The number of anilines is 1. The van der Waals surface area contributed by atoms with E-state index >= 15 is 0 Å². The molecule has 1 heterocycles. The molecule has 4 rings (SSSR count). The third-order valence-corrected chi connectivity index (χ3v) is 6.58. The molecule has 0 aliphatic rings. The molecule has 6 heteroatoms. The molecule has 0 fully saturated rings. The van der Waals surface area contributed by atoms with Crippen LogP contribution in [0.15, 0.2) is 66.7 Å². The van der Waals surface area contributed by atoms with Crippen LogP contribution in [0.2, 0.25) is 5.02 Å². The van der Waals surface area contributed by atoms with Gasteiger partial charge in [0.05, 0.1) is 10.2 Å². The Balaban J connectivity index is 1.61. The monoisotopic (exact) mass is 463 g/mol. The smallest absolute Gasteiger partial charge is 0.260 e. The van der Waals surface area contributed by atoms with Crippen LogP contribution in [0.1, 0.15) is 27.0 Å². The summed E-state index contributed by atoms with van der Waals surface area (Å²) in [5.41, 5.74) is 5.01. The molecule has 0 bridgehead atoms. The maximum atomic E-state index is 13.5. The lowest BCUT2D eigenvalue weighted by Gasteiger charge is -2.22. The molecular weight excluding hydrogens is 438 g/mol. The minimum Gasteiger partial charge on any atom is -0.308 e. The molecule has 1 amide bonds. The number of rotatable bonds is 7. The van der Waals surface area contributed by atoms with Crippen molar-refractivity contribution in [2.45, 2.75) is 13.3 Å². The summed E-state index contributed by atoms with van der Waals surface area (Å²) in [4.78, 5) is 22.2. The first-order valence-electron chi connectivity index (χ1n) is 10.6. The zero-order chi connectivity index (χ0) is 22.7. The average Bonchev–Trinajstić information content (AvgIpc) is 3.19. The molecule has 0 aliphatic heterocycles. The van der Waals surface area contributed by atoms with Gasteiger partial charge in [-0.3, -0.25) is 9.69 Å². The number of hydrogen-bond donors (Lipinski definition) is 0. The maximum absolute atomic E-state index is 13.5. The Morgan fingerprint density at radius 1 is 0.969 bits per heavy atom. The summed E-state index contributed by atoms with van der Waals surface area (Å²) in [6.07, 6.45) is 0.845. The second-order valence-corrected chi connectivity index (χ2v) is 9.63. The minimum atomic E-state index is -0.0408. The summed E-state index contributed by atoms with van der Waals surface area (Å²) in [5, 5.41) is 1.39. The normalized spacial score (nSPS) is 11.3. The Hall–Kier alpha value is -2.73. The molecule has 4 nitrogen and oxygen atoms in total. The quantitative estimate of drug-likeness (QED) is 0.334. The Kier molecular flexibility index (Phi) is 6.89. The van der Waals surface area contributed by atoms with E-state index in [0.717, 1.165) is 28.7 Å². The molecular formula is C26H26ClN3OS. The lowest BCUT2D eigenvalue weighted by Crippen LogP contribution is -2.36. The highest BCUT2D eigenvalue weighted by atomic mass is 35.5. The van der Waals surface area contributed by atoms with E-state index < -0.39 is 0 Å². The van der Waals surface area contributed by atoms with Crippen molar-refractivity contribution in [2.75, 3.05) is 32.1 Å². The number of thiazole rings is 1. The fraction of sp³-hybridized carbons (Fsp3) is 0.231. The number of carbonyl (C=O) groups excluding carboxylic acids is 1. The van der Waals surface area contributed by atoms with Gasteiger partial charge in [0.1, 0.15) is 0 Å². The van der Waals surface area contributed by atoms with Gasteiger partial charge >= 0.3 is 0 Å². The number of fused-ring (bicyclic) bond motifs is 1. The van der Waals surface area contributed by atoms with Crippen molar-refractivity contribution in [3.8, 4) is 0 Å². The molecule has 0 radical (unpaired) electrons. The van der Waals surface area contributed by atoms with E-state index in [1.807, 2.05) is 75.6 Å². The van der Waals surface area contributed by atoms with Crippen molar-refractivity contribution in [1.82, 2.24) is 9.88 Å². The summed E-state index contributed by atoms with van der Waals surface area (Å²) in [6, 6.07) is 22.1. The molecule has 3 aromatic carbocycles. The van der Waals surface area contributed by atoms with Gasteiger partial charge in [0.2, 0.25) is 0 Å². The highest BCUT2D eigenvalue weighted by Gasteiger charge is 2.22. The summed E-state index contributed by atoms with van der Waals surface area (Å²) in [5.74, 6) is -0.0408.